The lowest BCUT2D eigenvalue weighted by Crippen LogP contribution is -2.39. The van der Waals surface area contributed by atoms with Crippen LogP contribution in [0.5, 0.6) is 0 Å². The lowest BCUT2D eigenvalue weighted by atomic mass is 9.96. The van der Waals surface area contributed by atoms with E-state index < -0.39 is 0 Å². The molecule has 2 atom stereocenters. The number of nitrogens with zero attached hydrogens (tertiary/aromatic N) is 1. The summed E-state index contributed by atoms with van der Waals surface area (Å²) in [6.45, 7) is 13.9. The lowest BCUT2D eigenvalue weighted by Gasteiger charge is -2.34. The molecule has 0 spiro atoms. The second kappa shape index (κ2) is 7.95. The van der Waals surface area contributed by atoms with Gasteiger partial charge in [-0.1, -0.05) is 36.2 Å². The molecule has 0 aliphatic carbocycles. The van der Waals surface area contributed by atoms with Crippen molar-refractivity contribution in [2.75, 3.05) is 26.2 Å². The number of nitrogens with one attached hydrogen (secondary N) is 1. The molecular formula is C19H32N2. The zero-order valence-electron chi connectivity index (χ0n) is 14.3. The Labute approximate surface area is 130 Å². The third kappa shape index (κ3) is 4.82. The molecule has 1 saturated heterocycles. The van der Waals surface area contributed by atoms with E-state index >= 15 is 0 Å². The molecule has 0 saturated carbocycles. The predicted molar refractivity (Wildman–Crippen MR) is 91.8 cm³/mol. The van der Waals surface area contributed by atoms with Gasteiger partial charge in [0.1, 0.15) is 0 Å². The fourth-order valence-electron chi connectivity index (χ4n) is 3.60. The summed E-state index contributed by atoms with van der Waals surface area (Å²) in [4.78, 5) is 2.69. The minimum Gasteiger partial charge on any atom is -0.316 e. The van der Waals surface area contributed by atoms with Gasteiger partial charge >= 0.3 is 0 Å². The van der Waals surface area contributed by atoms with Gasteiger partial charge in [-0.05, 0) is 71.1 Å². The minimum atomic E-state index is 0.519. The van der Waals surface area contributed by atoms with E-state index in [9.17, 15) is 0 Å². The highest BCUT2D eigenvalue weighted by Crippen LogP contribution is 2.25. The largest absolute Gasteiger partial charge is 0.316 e. The Balaban J connectivity index is 2.08. The summed E-state index contributed by atoms with van der Waals surface area (Å²) in [5.41, 5.74) is 4.24. The Hall–Kier alpha value is -0.860. The van der Waals surface area contributed by atoms with Crippen molar-refractivity contribution >= 4 is 0 Å². The van der Waals surface area contributed by atoms with Crippen molar-refractivity contribution in [3.05, 3.63) is 34.9 Å². The molecule has 1 heterocycles. The molecule has 118 valence electrons. The third-order valence-corrected chi connectivity index (χ3v) is 4.68. The Kier molecular flexibility index (Phi) is 6.25. The monoisotopic (exact) mass is 288 g/mol. The molecule has 2 rings (SSSR count). The van der Waals surface area contributed by atoms with E-state index in [2.05, 4.69) is 56.1 Å². The molecule has 1 N–H and O–H groups in total. The molecule has 1 aromatic carbocycles. The maximum atomic E-state index is 3.55. The summed E-state index contributed by atoms with van der Waals surface area (Å²) in [6.07, 6.45) is 3.95. The summed E-state index contributed by atoms with van der Waals surface area (Å²) in [6, 6.07) is 7.51. The minimum absolute atomic E-state index is 0.519. The molecule has 0 amide bonds. The lowest BCUT2D eigenvalue weighted by molar-refractivity contribution is 0.163. The Morgan fingerprint density at radius 2 is 1.95 bits per heavy atom. The molecule has 1 aliphatic rings. The van der Waals surface area contributed by atoms with Gasteiger partial charge in [0.15, 0.2) is 0 Å². The van der Waals surface area contributed by atoms with E-state index in [1.165, 1.54) is 62.1 Å². The summed E-state index contributed by atoms with van der Waals surface area (Å²) >= 11 is 0. The molecule has 21 heavy (non-hydrogen) atoms. The first-order chi connectivity index (χ1) is 10.1. The van der Waals surface area contributed by atoms with Crippen LogP contribution in [0.25, 0.3) is 0 Å². The molecule has 0 bridgehead atoms. The van der Waals surface area contributed by atoms with E-state index in [1.807, 2.05) is 0 Å². The Morgan fingerprint density at radius 3 is 2.52 bits per heavy atom. The summed E-state index contributed by atoms with van der Waals surface area (Å²) in [7, 11) is 0. The fraction of sp³-hybridized carbons (Fsp3) is 0.684. The molecular weight excluding hydrogens is 256 g/mol. The standard InChI is InChI=1S/C19H32N2/c1-5-9-21(14-18-7-6-8-20-13-18)17(4)19-11-15(2)10-16(3)12-19/h10-12,17-18,20H,5-9,13-14H2,1-4H3. The average Bonchev–Trinajstić information content (AvgIpc) is 2.46. The van der Waals surface area contributed by atoms with Crippen molar-refractivity contribution in [2.24, 2.45) is 5.92 Å². The van der Waals surface area contributed by atoms with Gasteiger partial charge in [0.25, 0.3) is 0 Å². The van der Waals surface area contributed by atoms with Crippen molar-refractivity contribution in [3.8, 4) is 0 Å². The van der Waals surface area contributed by atoms with Crippen LogP contribution in [0.2, 0.25) is 0 Å². The second-order valence-corrected chi connectivity index (χ2v) is 6.80. The number of aryl methyl sites for hydroxylation is 2. The van der Waals surface area contributed by atoms with Crippen LogP contribution < -0.4 is 5.32 Å². The smallest absolute Gasteiger partial charge is 0.0320 e. The number of hydrogen-bond donors (Lipinski definition) is 1. The van der Waals surface area contributed by atoms with Crippen LogP contribution in [-0.4, -0.2) is 31.1 Å². The molecule has 0 aromatic heterocycles. The van der Waals surface area contributed by atoms with Crippen LogP contribution in [0.3, 0.4) is 0 Å². The van der Waals surface area contributed by atoms with Crippen LogP contribution in [-0.2, 0) is 0 Å². The van der Waals surface area contributed by atoms with Crippen LogP contribution in [0, 0.1) is 19.8 Å². The van der Waals surface area contributed by atoms with E-state index in [0.29, 0.717) is 6.04 Å². The summed E-state index contributed by atoms with van der Waals surface area (Å²) < 4.78 is 0. The van der Waals surface area contributed by atoms with Crippen molar-refractivity contribution in [1.29, 1.82) is 0 Å². The van der Waals surface area contributed by atoms with Gasteiger partial charge in [-0.2, -0.15) is 0 Å². The van der Waals surface area contributed by atoms with Crippen molar-refractivity contribution in [1.82, 2.24) is 10.2 Å². The van der Waals surface area contributed by atoms with Crippen molar-refractivity contribution in [3.63, 3.8) is 0 Å². The van der Waals surface area contributed by atoms with Gasteiger partial charge in [0, 0.05) is 12.6 Å². The average molecular weight is 288 g/mol. The molecule has 2 unspecified atom stereocenters. The zero-order valence-corrected chi connectivity index (χ0v) is 14.3. The maximum Gasteiger partial charge on any atom is 0.0320 e. The highest BCUT2D eigenvalue weighted by Gasteiger charge is 2.21. The first-order valence-corrected chi connectivity index (χ1v) is 8.63. The second-order valence-electron chi connectivity index (χ2n) is 6.80. The van der Waals surface area contributed by atoms with Gasteiger partial charge < -0.3 is 5.32 Å². The number of piperidine rings is 1. The van der Waals surface area contributed by atoms with Gasteiger partial charge in [0.2, 0.25) is 0 Å². The Bertz CT molecular complexity index is 415. The van der Waals surface area contributed by atoms with Crippen molar-refractivity contribution in [2.45, 2.75) is 53.0 Å². The van der Waals surface area contributed by atoms with Gasteiger partial charge in [-0.25, -0.2) is 0 Å². The number of benzene rings is 1. The summed E-state index contributed by atoms with van der Waals surface area (Å²) in [5.74, 6) is 0.818. The number of rotatable bonds is 6. The van der Waals surface area contributed by atoms with E-state index in [0.717, 1.165) is 5.92 Å². The molecule has 1 fully saturated rings. The van der Waals surface area contributed by atoms with E-state index in [-0.39, 0.29) is 0 Å². The van der Waals surface area contributed by atoms with Crippen molar-refractivity contribution < 1.29 is 0 Å². The highest BCUT2D eigenvalue weighted by molar-refractivity contribution is 5.30. The van der Waals surface area contributed by atoms with E-state index in [1.54, 1.807) is 0 Å². The van der Waals surface area contributed by atoms with Gasteiger partial charge in [-0.15, -0.1) is 0 Å². The molecule has 2 nitrogen and oxygen atoms in total. The topological polar surface area (TPSA) is 15.3 Å². The normalized spacial score (nSPS) is 20.7. The Morgan fingerprint density at radius 1 is 1.24 bits per heavy atom. The van der Waals surface area contributed by atoms with Crippen LogP contribution in [0.15, 0.2) is 18.2 Å². The molecule has 1 aromatic rings. The quantitative estimate of drug-likeness (QED) is 0.848. The van der Waals surface area contributed by atoms with Gasteiger partial charge in [-0.3, -0.25) is 4.90 Å². The fourth-order valence-corrected chi connectivity index (χ4v) is 3.60. The number of hydrogen-bond acceptors (Lipinski definition) is 2. The maximum absolute atomic E-state index is 3.55. The zero-order chi connectivity index (χ0) is 15.2. The molecule has 1 aliphatic heterocycles. The summed E-state index contributed by atoms with van der Waals surface area (Å²) in [5, 5.41) is 3.55. The van der Waals surface area contributed by atoms with E-state index in [4.69, 9.17) is 0 Å². The van der Waals surface area contributed by atoms with Crippen LogP contribution in [0.1, 0.15) is 55.8 Å². The highest BCUT2D eigenvalue weighted by atomic mass is 15.2. The van der Waals surface area contributed by atoms with Gasteiger partial charge in [0.05, 0.1) is 0 Å². The molecule has 2 heteroatoms. The first-order valence-electron chi connectivity index (χ1n) is 8.63. The SMILES string of the molecule is CCCN(CC1CCCNC1)C(C)c1cc(C)cc(C)c1. The van der Waals surface area contributed by atoms with Crippen LogP contribution >= 0.6 is 0 Å². The first kappa shape index (κ1) is 16.5. The predicted octanol–water partition coefficient (Wildman–Crippen LogP) is 4.08. The molecule has 0 radical (unpaired) electrons. The van der Waals surface area contributed by atoms with Crippen LogP contribution in [0.4, 0.5) is 0 Å². The third-order valence-electron chi connectivity index (χ3n) is 4.68.